The monoisotopic (exact) mass is 391 g/mol. The normalized spacial score (nSPS) is 21.6. The van der Waals surface area contributed by atoms with Crippen LogP contribution < -0.4 is 4.72 Å². The Hall–Kier alpha value is -0.460. The molecule has 0 amide bonds. The predicted octanol–water partition coefficient (Wildman–Crippen LogP) is 5.77. The molecular formula is C16H17BrF3NS. The third kappa shape index (κ3) is 2.97. The van der Waals surface area contributed by atoms with Gasteiger partial charge >= 0.3 is 6.18 Å². The maximum atomic E-state index is 12.9. The maximum Gasteiger partial charge on any atom is 0.416 e. The van der Waals surface area contributed by atoms with E-state index in [9.17, 15) is 13.2 Å². The van der Waals surface area contributed by atoms with E-state index in [4.69, 9.17) is 0 Å². The number of alkyl halides is 4. The van der Waals surface area contributed by atoms with Crippen LogP contribution in [0.15, 0.2) is 29.8 Å². The molecule has 0 aromatic heterocycles. The number of hydrogen-bond acceptors (Lipinski definition) is 2. The largest absolute Gasteiger partial charge is 0.416 e. The Kier molecular flexibility index (Phi) is 4.63. The van der Waals surface area contributed by atoms with E-state index in [0.717, 1.165) is 23.8 Å². The highest BCUT2D eigenvalue weighted by Gasteiger charge is 2.42. The standard InChI is InChI=1S/C16H17BrF3NS/c17-10-13-14(22-21-15(13)7-2-1-3-8-15)11-5-4-6-12(9-11)16(18,19)20/h4-6,9,21H,1-3,7-8,10H2. The van der Waals surface area contributed by atoms with Crippen molar-refractivity contribution in [2.45, 2.75) is 43.8 Å². The predicted molar refractivity (Wildman–Crippen MR) is 88.7 cm³/mol. The summed E-state index contributed by atoms with van der Waals surface area (Å²) in [6.07, 6.45) is 1.39. The quantitative estimate of drug-likeness (QED) is 0.507. The fourth-order valence-corrected chi connectivity index (χ4v) is 5.57. The summed E-state index contributed by atoms with van der Waals surface area (Å²) in [5.41, 5.74) is 1.23. The Morgan fingerprint density at radius 1 is 1.18 bits per heavy atom. The molecule has 1 aliphatic heterocycles. The van der Waals surface area contributed by atoms with Crippen LogP contribution in [0.1, 0.15) is 43.2 Å². The smallest absolute Gasteiger partial charge is 0.250 e. The van der Waals surface area contributed by atoms with Gasteiger partial charge in [0.1, 0.15) is 0 Å². The van der Waals surface area contributed by atoms with Gasteiger partial charge in [0.2, 0.25) is 0 Å². The first-order valence-corrected chi connectivity index (χ1v) is 9.31. The molecule has 1 spiro atoms. The summed E-state index contributed by atoms with van der Waals surface area (Å²) in [7, 11) is 0. The van der Waals surface area contributed by atoms with E-state index >= 15 is 0 Å². The molecule has 1 aromatic carbocycles. The molecule has 0 unspecified atom stereocenters. The van der Waals surface area contributed by atoms with Crippen LogP contribution in [0.25, 0.3) is 4.91 Å². The first kappa shape index (κ1) is 16.4. The minimum atomic E-state index is -4.30. The van der Waals surface area contributed by atoms with Crippen LogP contribution in [0, 0.1) is 0 Å². The summed E-state index contributed by atoms with van der Waals surface area (Å²) in [6.45, 7) is 0. The summed E-state index contributed by atoms with van der Waals surface area (Å²) in [6, 6.07) is 5.64. The summed E-state index contributed by atoms with van der Waals surface area (Å²) < 4.78 is 42.3. The van der Waals surface area contributed by atoms with Crippen molar-refractivity contribution in [1.82, 2.24) is 4.72 Å². The Morgan fingerprint density at radius 3 is 2.55 bits per heavy atom. The Morgan fingerprint density at radius 2 is 1.91 bits per heavy atom. The van der Waals surface area contributed by atoms with Crippen molar-refractivity contribution in [2.75, 3.05) is 5.33 Å². The molecule has 1 N–H and O–H groups in total. The number of halogens is 4. The van der Waals surface area contributed by atoms with E-state index in [1.54, 1.807) is 6.07 Å². The maximum absolute atomic E-state index is 12.9. The van der Waals surface area contributed by atoms with Gasteiger partial charge in [0.05, 0.1) is 11.1 Å². The summed E-state index contributed by atoms with van der Waals surface area (Å²) >= 11 is 5.03. The second-order valence-electron chi connectivity index (χ2n) is 5.87. The topological polar surface area (TPSA) is 12.0 Å². The van der Waals surface area contributed by atoms with Crippen molar-refractivity contribution in [3.05, 3.63) is 41.0 Å². The zero-order valence-corrected chi connectivity index (χ0v) is 14.4. The van der Waals surface area contributed by atoms with Crippen LogP contribution in [0.4, 0.5) is 13.2 Å². The van der Waals surface area contributed by atoms with E-state index < -0.39 is 11.7 Å². The summed E-state index contributed by atoms with van der Waals surface area (Å²) in [5, 5.41) is 0.693. The molecule has 1 aliphatic carbocycles. The van der Waals surface area contributed by atoms with Gasteiger partial charge in [-0.15, -0.1) is 0 Å². The molecule has 22 heavy (non-hydrogen) atoms. The lowest BCUT2D eigenvalue weighted by molar-refractivity contribution is -0.137. The first-order chi connectivity index (χ1) is 10.5. The molecule has 1 heterocycles. The molecule has 1 aromatic rings. The van der Waals surface area contributed by atoms with Crippen LogP contribution in [0.3, 0.4) is 0 Å². The molecule has 0 radical (unpaired) electrons. The van der Waals surface area contributed by atoms with Gasteiger partial charge in [-0.05, 0) is 48.1 Å². The van der Waals surface area contributed by atoms with Crippen molar-refractivity contribution in [2.24, 2.45) is 0 Å². The summed E-state index contributed by atoms with van der Waals surface area (Å²) in [5.74, 6) is 0. The van der Waals surface area contributed by atoms with Crippen molar-refractivity contribution < 1.29 is 13.2 Å². The number of benzene rings is 1. The number of hydrogen-bond donors (Lipinski definition) is 1. The molecule has 1 fully saturated rings. The molecule has 1 nitrogen and oxygen atoms in total. The second kappa shape index (κ2) is 6.21. The number of rotatable bonds is 2. The fourth-order valence-electron chi connectivity index (χ4n) is 3.31. The number of nitrogens with one attached hydrogen (secondary N) is 1. The van der Waals surface area contributed by atoms with Crippen LogP contribution in [0.2, 0.25) is 0 Å². The van der Waals surface area contributed by atoms with E-state index in [1.807, 2.05) is 0 Å². The molecule has 2 aliphatic rings. The molecule has 0 bridgehead atoms. The van der Waals surface area contributed by atoms with Gasteiger partial charge in [-0.3, -0.25) is 0 Å². The lowest BCUT2D eigenvalue weighted by Gasteiger charge is -2.35. The zero-order chi connectivity index (χ0) is 15.8. The van der Waals surface area contributed by atoms with Gasteiger partial charge in [0, 0.05) is 10.2 Å². The zero-order valence-electron chi connectivity index (χ0n) is 12.0. The Balaban J connectivity index is 2.01. The molecule has 120 valence electrons. The van der Waals surface area contributed by atoms with Crippen molar-refractivity contribution in [3.8, 4) is 0 Å². The average molecular weight is 392 g/mol. The van der Waals surface area contributed by atoms with Crippen LogP contribution in [-0.4, -0.2) is 10.9 Å². The van der Waals surface area contributed by atoms with Crippen molar-refractivity contribution in [1.29, 1.82) is 0 Å². The fraction of sp³-hybridized carbons (Fsp3) is 0.500. The molecule has 0 saturated heterocycles. The lowest BCUT2D eigenvalue weighted by atomic mass is 9.77. The van der Waals surface area contributed by atoms with Crippen LogP contribution >= 0.6 is 27.9 Å². The van der Waals surface area contributed by atoms with Crippen molar-refractivity contribution in [3.63, 3.8) is 0 Å². The Labute approximate surface area is 141 Å². The third-order valence-corrected chi connectivity index (χ3v) is 6.23. The highest BCUT2D eigenvalue weighted by atomic mass is 79.9. The molecule has 6 heteroatoms. The van der Waals surface area contributed by atoms with E-state index in [1.165, 1.54) is 48.9 Å². The third-order valence-electron chi connectivity index (χ3n) is 4.49. The van der Waals surface area contributed by atoms with Gasteiger partial charge < -0.3 is 0 Å². The van der Waals surface area contributed by atoms with Gasteiger partial charge in [0.25, 0.3) is 0 Å². The van der Waals surface area contributed by atoms with Gasteiger partial charge in [-0.25, -0.2) is 4.72 Å². The molecule has 0 atom stereocenters. The first-order valence-electron chi connectivity index (χ1n) is 7.37. The SMILES string of the molecule is FC(F)(F)c1cccc(C2=C(CBr)C3(CCCCC3)NS2)c1. The van der Waals surface area contributed by atoms with Crippen molar-refractivity contribution >= 4 is 32.8 Å². The van der Waals surface area contributed by atoms with Gasteiger partial charge in [0.15, 0.2) is 0 Å². The Bertz CT molecular complexity index is 591. The highest BCUT2D eigenvalue weighted by Crippen LogP contribution is 2.49. The van der Waals surface area contributed by atoms with E-state index in [0.29, 0.717) is 10.9 Å². The second-order valence-corrected chi connectivity index (χ2v) is 7.24. The highest BCUT2D eigenvalue weighted by molar-refractivity contribution is 9.09. The van der Waals surface area contributed by atoms with Crippen LogP contribution in [-0.2, 0) is 6.18 Å². The average Bonchev–Trinajstić information content (AvgIpc) is 2.85. The van der Waals surface area contributed by atoms with E-state index in [2.05, 4.69) is 20.7 Å². The van der Waals surface area contributed by atoms with Gasteiger partial charge in [-0.2, -0.15) is 13.2 Å². The molecule has 3 rings (SSSR count). The lowest BCUT2D eigenvalue weighted by Crippen LogP contribution is -2.42. The summed E-state index contributed by atoms with van der Waals surface area (Å²) in [4.78, 5) is 0.949. The van der Waals surface area contributed by atoms with E-state index in [-0.39, 0.29) is 5.54 Å². The minimum Gasteiger partial charge on any atom is -0.250 e. The van der Waals surface area contributed by atoms with Crippen LogP contribution in [0.5, 0.6) is 0 Å². The molecule has 1 saturated carbocycles. The molecular weight excluding hydrogens is 375 g/mol. The van der Waals surface area contributed by atoms with Gasteiger partial charge in [-0.1, -0.05) is 47.3 Å². The minimum absolute atomic E-state index is 0.0456.